The van der Waals surface area contributed by atoms with Crippen LogP contribution < -0.4 is 0 Å². The Hall–Kier alpha value is -0.650. The van der Waals surface area contributed by atoms with E-state index in [-0.39, 0.29) is 0 Å². The highest BCUT2D eigenvalue weighted by Gasteiger charge is 2.33. The molecule has 0 bridgehead atoms. The third kappa shape index (κ3) is 3.25. The molecule has 0 amide bonds. The van der Waals surface area contributed by atoms with Crippen molar-refractivity contribution < 1.29 is 13.2 Å². The summed E-state index contributed by atoms with van der Waals surface area (Å²) in [6, 6.07) is 0.999. The Kier molecular flexibility index (Phi) is 3.86. The number of halogens is 3. The van der Waals surface area contributed by atoms with Gasteiger partial charge in [-0.1, -0.05) is 0 Å². The second-order valence-corrected chi connectivity index (χ2v) is 3.79. The van der Waals surface area contributed by atoms with Crippen LogP contribution in [0.4, 0.5) is 13.2 Å². The van der Waals surface area contributed by atoms with Gasteiger partial charge in [-0.15, -0.1) is 0 Å². The second kappa shape index (κ2) is 4.72. The Balaban J connectivity index is 2.51. The number of rotatable bonds is 4. The Morgan fingerprint density at radius 1 is 1.50 bits per heavy atom. The molecule has 0 saturated carbocycles. The van der Waals surface area contributed by atoms with Crippen LogP contribution in [-0.4, -0.2) is 21.8 Å². The van der Waals surface area contributed by atoms with E-state index in [4.69, 9.17) is 0 Å². The normalized spacial score (nSPS) is 12.0. The van der Waals surface area contributed by atoms with Crippen LogP contribution in [0, 0.1) is 0 Å². The zero-order valence-corrected chi connectivity index (χ0v) is 8.53. The summed E-state index contributed by atoms with van der Waals surface area (Å²) >= 11 is 1.67. The smallest absolute Gasteiger partial charge is 0.272 e. The van der Waals surface area contributed by atoms with Crippen LogP contribution in [0.1, 0.15) is 12.1 Å². The highest BCUT2D eigenvalue weighted by atomic mass is 32.2. The predicted molar refractivity (Wildman–Crippen MR) is 50.2 cm³/mol. The van der Waals surface area contributed by atoms with Crippen molar-refractivity contribution >= 4 is 11.8 Å². The summed E-state index contributed by atoms with van der Waals surface area (Å²) in [5.41, 5.74) is -0.818. The third-order valence-electron chi connectivity index (χ3n) is 1.67. The van der Waals surface area contributed by atoms with Crippen LogP contribution >= 0.6 is 11.8 Å². The Morgan fingerprint density at radius 3 is 2.71 bits per heavy atom. The van der Waals surface area contributed by atoms with E-state index in [0.717, 1.165) is 18.2 Å². The lowest BCUT2D eigenvalue weighted by Crippen LogP contribution is -2.08. The first-order valence-corrected chi connectivity index (χ1v) is 5.53. The quantitative estimate of drug-likeness (QED) is 0.732. The zero-order chi connectivity index (χ0) is 10.6. The lowest BCUT2D eigenvalue weighted by atomic mass is 10.4. The number of nitrogens with zero attached hydrogens (tertiary/aromatic N) is 2. The summed E-state index contributed by atoms with van der Waals surface area (Å²) < 4.78 is 37.7. The first-order chi connectivity index (χ1) is 6.54. The van der Waals surface area contributed by atoms with Gasteiger partial charge in [0.05, 0.1) is 0 Å². The molecule has 0 atom stereocenters. The lowest BCUT2D eigenvalue weighted by molar-refractivity contribution is -0.141. The summed E-state index contributed by atoms with van der Waals surface area (Å²) in [6.45, 7) is 0.539. The molecule has 0 spiro atoms. The van der Waals surface area contributed by atoms with Crippen molar-refractivity contribution in [3.63, 3.8) is 0 Å². The molecule has 0 aliphatic rings. The molecule has 0 fully saturated rings. The Morgan fingerprint density at radius 2 is 2.21 bits per heavy atom. The van der Waals surface area contributed by atoms with Crippen molar-refractivity contribution in [3.8, 4) is 0 Å². The van der Waals surface area contributed by atoms with Gasteiger partial charge in [0.2, 0.25) is 0 Å². The van der Waals surface area contributed by atoms with Crippen molar-refractivity contribution in [1.82, 2.24) is 9.78 Å². The van der Waals surface area contributed by atoms with E-state index in [1.54, 1.807) is 11.8 Å². The van der Waals surface area contributed by atoms with Crippen LogP contribution in [-0.2, 0) is 12.7 Å². The molecular weight excluding hydrogens is 213 g/mol. The molecule has 6 heteroatoms. The molecular formula is C8H11F3N2S. The van der Waals surface area contributed by atoms with Crippen LogP contribution in [0.15, 0.2) is 12.3 Å². The molecule has 1 rings (SSSR count). The van der Waals surface area contributed by atoms with Gasteiger partial charge in [0.15, 0.2) is 5.69 Å². The first kappa shape index (κ1) is 11.4. The van der Waals surface area contributed by atoms with E-state index in [0.29, 0.717) is 6.54 Å². The van der Waals surface area contributed by atoms with Gasteiger partial charge < -0.3 is 0 Å². The molecule has 0 aliphatic carbocycles. The van der Waals surface area contributed by atoms with Crippen LogP contribution in [0.3, 0.4) is 0 Å². The highest BCUT2D eigenvalue weighted by Crippen LogP contribution is 2.27. The maximum Gasteiger partial charge on any atom is 0.435 e. The predicted octanol–water partition coefficient (Wildman–Crippen LogP) is 2.66. The van der Waals surface area contributed by atoms with Crippen molar-refractivity contribution in [3.05, 3.63) is 18.0 Å². The molecule has 0 aliphatic heterocycles. The molecule has 1 aromatic heterocycles. The fourth-order valence-corrected chi connectivity index (χ4v) is 1.43. The second-order valence-electron chi connectivity index (χ2n) is 2.81. The molecule has 0 N–H and O–H groups in total. The topological polar surface area (TPSA) is 17.8 Å². The van der Waals surface area contributed by atoms with Crippen LogP contribution in [0.2, 0.25) is 0 Å². The van der Waals surface area contributed by atoms with Crippen molar-refractivity contribution in [2.24, 2.45) is 0 Å². The van der Waals surface area contributed by atoms with Crippen LogP contribution in [0.25, 0.3) is 0 Å². The van der Waals surface area contributed by atoms with E-state index in [1.165, 1.54) is 10.9 Å². The van der Waals surface area contributed by atoms with Gasteiger partial charge in [-0.2, -0.15) is 30.0 Å². The molecule has 2 nitrogen and oxygen atoms in total. The highest BCUT2D eigenvalue weighted by molar-refractivity contribution is 7.98. The van der Waals surface area contributed by atoms with Crippen LogP contribution in [0.5, 0.6) is 0 Å². The molecule has 0 radical (unpaired) electrons. The fourth-order valence-electron chi connectivity index (χ4n) is 1.01. The van der Waals surface area contributed by atoms with E-state index < -0.39 is 11.9 Å². The van der Waals surface area contributed by atoms with Gasteiger partial charge in [-0.25, -0.2) is 0 Å². The van der Waals surface area contributed by atoms with Gasteiger partial charge in [-0.3, -0.25) is 4.68 Å². The summed E-state index contributed by atoms with van der Waals surface area (Å²) in [4.78, 5) is 0. The molecule has 0 aromatic carbocycles. The molecule has 80 valence electrons. The number of hydrogen-bond acceptors (Lipinski definition) is 2. The molecule has 1 aromatic rings. The van der Waals surface area contributed by atoms with E-state index >= 15 is 0 Å². The SMILES string of the molecule is CSCCCn1ccc(C(F)(F)F)n1. The zero-order valence-electron chi connectivity index (χ0n) is 7.71. The largest absolute Gasteiger partial charge is 0.435 e. The molecule has 1 heterocycles. The average molecular weight is 224 g/mol. The van der Waals surface area contributed by atoms with Gasteiger partial charge in [0, 0.05) is 12.7 Å². The molecule has 0 unspecified atom stereocenters. The fraction of sp³-hybridized carbons (Fsp3) is 0.625. The average Bonchev–Trinajstić information content (AvgIpc) is 2.52. The Labute approximate surface area is 84.5 Å². The minimum absolute atomic E-state index is 0.539. The standard InChI is InChI=1S/C8H11F3N2S/c1-14-6-2-4-13-5-3-7(12-13)8(9,10)11/h3,5H,2,4,6H2,1H3. The lowest BCUT2D eigenvalue weighted by Gasteiger charge is -2.02. The monoisotopic (exact) mass is 224 g/mol. The van der Waals surface area contributed by atoms with Crippen molar-refractivity contribution in [2.45, 2.75) is 19.1 Å². The van der Waals surface area contributed by atoms with E-state index in [1.807, 2.05) is 6.26 Å². The summed E-state index contributed by atoms with van der Waals surface area (Å²) in [5.74, 6) is 0.932. The van der Waals surface area contributed by atoms with Gasteiger partial charge in [0.1, 0.15) is 0 Å². The van der Waals surface area contributed by atoms with Crippen molar-refractivity contribution in [2.75, 3.05) is 12.0 Å². The molecule has 0 saturated heterocycles. The van der Waals surface area contributed by atoms with Gasteiger partial charge in [0.25, 0.3) is 0 Å². The minimum atomic E-state index is -4.33. The summed E-state index contributed by atoms with van der Waals surface area (Å²) in [5, 5.41) is 3.44. The maximum absolute atomic E-state index is 12.1. The van der Waals surface area contributed by atoms with E-state index in [9.17, 15) is 13.2 Å². The summed E-state index contributed by atoms with van der Waals surface area (Å²) in [6.07, 6.45) is -0.168. The molecule has 14 heavy (non-hydrogen) atoms. The number of aromatic nitrogens is 2. The van der Waals surface area contributed by atoms with Crippen molar-refractivity contribution in [1.29, 1.82) is 0 Å². The van der Waals surface area contributed by atoms with Gasteiger partial charge >= 0.3 is 6.18 Å². The Bertz CT molecular complexity index is 282. The number of aryl methyl sites for hydroxylation is 1. The number of thioether (sulfide) groups is 1. The minimum Gasteiger partial charge on any atom is -0.272 e. The maximum atomic E-state index is 12.1. The third-order valence-corrected chi connectivity index (χ3v) is 2.36. The first-order valence-electron chi connectivity index (χ1n) is 4.13. The van der Waals surface area contributed by atoms with E-state index in [2.05, 4.69) is 5.10 Å². The summed E-state index contributed by atoms with van der Waals surface area (Å²) in [7, 11) is 0. The number of alkyl halides is 3. The number of hydrogen-bond donors (Lipinski definition) is 0. The van der Waals surface area contributed by atoms with Gasteiger partial charge in [-0.05, 0) is 24.5 Å².